The van der Waals surface area contributed by atoms with E-state index in [1.165, 1.54) is 0 Å². The number of para-hydroxylation sites is 1. The van der Waals surface area contributed by atoms with Crippen molar-refractivity contribution in [1.29, 1.82) is 0 Å². The highest BCUT2D eigenvalue weighted by Crippen LogP contribution is 2.08. The van der Waals surface area contributed by atoms with Gasteiger partial charge in [0.05, 0.1) is 10.8 Å². The first-order valence-electron chi connectivity index (χ1n) is 5.19. The second-order valence-electron chi connectivity index (χ2n) is 3.74. The monoisotopic (exact) mass is 224 g/mol. The molecule has 4 nitrogen and oxygen atoms in total. The summed E-state index contributed by atoms with van der Waals surface area (Å²) in [4.78, 5) is 12.7. The number of aromatic nitrogens is 2. The van der Waals surface area contributed by atoms with E-state index < -0.39 is 0 Å². The van der Waals surface area contributed by atoms with Crippen molar-refractivity contribution < 1.29 is 4.85 Å². The maximum atomic E-state index is 12.2. The lowest BCUT2D eigenvalue weighted by atomic mass is 10.2. The molecular formula is C13H8N2O2. The van der Waals surface area contributed by atoms with Crippen LogP contribution in [0, 0.1) is 5.21 Å². The Bertz CT molecular complexity index is 784. The summed E-state index contributed by atoms with van der Waals surface area (Å²) in [5.74, 6) is 0. The van der Waals surface area contributed by atoms with Gasteiger partial charge in [0.1, 0.15) is 5.52 Å². The van der Waals surface area contributed by atoms with Gasteiger partial charge in [0.15, 0.2) is 0 Å². The van der Waals surface area contributed by atoms with Crippen LogP contribution in [0.4, 0.5) is 0 Å². The number of hydrogen-bond donors (Lipinski definition) is 0. The van der Waals surface area contributed by atoms with Crippen molar-refractivity contribution >= 4 is 21.8 Å². The van der Waals surface area contributed by atoms with Gasteiger partial charge >= 0.3 is 0 Å². The molecule has 1 heterocycles. The third kappa shape index (κ3) is 1.42. The Labute approximate surface area is 96.3 Å². The largest absolute Gasteiger partial charge is 0.594 e. The molecule has 2 aromatic carbocycles. The van der Waals surface area contributed by atoms with Crippen LogP contribution < -0.4 is 10.3 Å². The molecule has 3 aromatic rings. The molecule has 0 bridgehead atoms. The van der Waals surface area contributed by atoms with Gasteiger partial charge < -0.3 is 5.21 Å². The van der Waals surface area contributed by atoms with Crippen LogP contribution in [0.1, 0.15) is 0 Å². The highest BCUT2D eigenvalue weighted by molar-refractivity contribution is 5.86. The molecule has 0 radical (unpaired) electrons. The molecule has 0 saturated carbocycles. The predicted molar refractivity (Wildman–Crippen MR) is 64.5 cm³/mol. The Morgan fingerprint density at radius 3 is 2.41 bits per heavy atom. The summed E-state index contributed by atoms with van der Waals surface area (Å²) >= 11 is 0. The lowest BCUT2D eigenvalue weighted by Gasteiger charge is -1.91. The predicted octanol–water partition coefficient (Wildman–Crippen LogP) is 1.38. The van der Waals surface area contributed by atoms with Gasteiger partial charge in [-0.15, -0.1) is 0 Å². The number of rotatable bonds is 0. The zero-order valence-electron chi connectivity index (χ0n) is 8.83. The maximum Gasteiger partial charge on any atom is 0.256 e. The molecule has 0 saturated heterocycles. The smallest absolute Gasteiger partial charge is 0.256 e. The van der Waals surface area contributed by atoms with Gasteiger partial charge in [-0.05, 0) is 23.0 Å². The molecule has 1 aromatic heterocycles. The minimum absolute atomic E-state index is 0.168. The summed E-state index contributed by atoms with van der Waals surface area (Å²) in [6.45, 7) is 0. The minimum Gasteiger partial charge on any atom is -0.594 e. The Balaban J connectivity index is 2.73. The van der Waals surface area contributed by atoms with Crippen molar-refractivity contribution in [2.24, 2.45) is 0 Å². The van der Waals surface area contributed by atoms with Gasteiger partial charge in [0.25, 0.3) is 5.52 Å². The molecule has 0 N–H and O–H groups in total. The van der Waals surface area contributed by atoms with Crippen molar-refractivity contribution in [2.75, 3.05) is 0 Å². The van der Waals surface area contributed by atoms with E-state index in [1.807, 2.05) is 0 Å². The van der Waals surface area contributed by atoms with Crippen LogP contribution in [0.3, 0.4) is 0 Å². The molecule has 0 atom stereocenters. The second-order valence-corrected chi connectivity index (χ2v) is 3.74. The van der Waals surface area contributed by atoms with Gasteiger partial charge in [0, 0.05) is 11.2 Å². The summed E-state index contributed by atoms with van der Waals surface area (Å²) < 4.78 is 0. The third-order valence-electron chi connectivity index (χ3n) is 2.70. The van der Waals surface area contributed by atoms with E-state index in [1.54, 1.807) is 48.5 Å². The fraction of sp³-hybridized carbons (Fsp3) is 0. The van der Waals surface area contributed by atoms with E-state index in [-0.39, 0.29) is 10.9 Å². The van der Waals surface area contributed by atoms with Crippen LogP contribution in [0.5, 0.6) is 0 Å². The number of hydrogen-bond acceptors (Lipinski definition) is 3. The molecule has 0 unspecified atom stereocenters. The Hall–Kier alpha value is -2.49. The van der Waals surface area contributed by atoms with Gasteiger partial charge in [-0.2, -0.15) is 0 Å². The third-order valence-corrected chi connectivity index (χ3v) is 2.70. The van der Waals surface area contributed by atoms with Crippen LogP contribution in [-0.2, 0) is 0 Å². The van der Waals surface area contributed by atoms with E-state index in [9.17, 15) is 10.0 Å². The second kappa shape index (κ2) is 3.52. The zero-order chi connectivity index (χ0) is 11.8. The summed E-state index contributed by atoms with van der Waals surface area (Å²) in [7, 11) is 0. The highest BCUT2D eigenvalue weighted by atomic mass is 16.5. The molecule has 0 amide bonds. The van der Waals surface area contributed by atoms with Gasteiger partial charge in [-0.1, -0.05) is 24.3 Å². The fourth-order valence-corrected chi connectivity index (χ4v) is 1.88. The van der Waals surface area contributed by atoms with Crippen LogP contribution in [0.2, 0.25) is 0 Å². The average Bonchev–Trinajstić information content (AvgIpc) is 2.48. The minimum atomic E-state index is -0.168. The molecule has 0 fully saturated rings. The van der Waals surface area contributed by atoms with Gasteiger partial charge in [-0.25, -0.2) is 0 Å². The van der Waals surface area contributed by atoms with E-state index >= 15 is 0 Å². The molecule has 17 heavy (non-hydrogen) atoms. The normalized spacial score (nSPS) is 10.8. The zero-order valence-corrected chi connectivity index (χ0v) is 8.83. The van der Waals surface area contributed by atoms with Crippen LogP contribution in [0.25, 0.3) is 21.8 Å². The molecule has 0 aliphatic carbocycles. The average molecular weight is 224 g/mol. The number of fused-ring (bicyclic) bond motifs is 2. The molecule has 82 valence electrons. The quantitative estimate of drug-likeness (QED) is 0.428. The Kier molecular flexibility index (Phi) is 2.01. The van der Waals surface area contributed by atoms with E-state index in [0.717, 1.165) is 0 Å². The summed E-state index contributed by atoms with van der Waals surface area (Å²) in [6.07, 6.45) is 0. The topological polar surface area (TPSA) is 56.9 Å². The van der Waals surface area contributed by atoms with Crippen LogP contribution >= 0.6 is 0 Å². The molecule has 0 aliphatic heterocycles. The molecular weight excluding hydrogens is 216 g/mol. The first kappa shape index (κ1) is 9.72. The SMILES string of the molecule is O=c1c2ccccc2n[n+]([O-])c2ccccc12. The van der Waals surface area contributed by atoms with E-state index in [0.29, 0.717) is 21.1 Å². The number of nitrogens with zero attached hydrogens (tertiary/aromatic N) is 2. The summed E-state index contributed by atoms with van der Waals surface area (Å²) in [6, 6.07) is 13.5. The van der Waals surface area contributed by atoms with Gasteiger partial charge in [-0.3, -0.25) is 4.79 Å². The van der Waals surface area contributed by atoms with E-state index in [2.05, 4.69) is 5.10 Å². The summed E-state index contributed by atoms with van der Waals surface area (Å²) in [5.41, 5.74) is 0.524. The molecule has 4 heteroatoms. The fourth-order valence-electron chi connectivity index (χ4n) is 1.88. The Morgan fingerprint density at radius 2 is 1.59 bits per heavy atom. The number of benzene rings is 2. The van der Waals surface area contributed by atoms with Crippen molar-refractivity contribution in [3.05, 3.63) is 64.0 Å². The molecule has 3 rings (SSSR count). The van der Waals surface area contributed by atoms with Crippen molar-refractivity contribution in [1.82, 2.24) is 5.10 Å². The lowest BCUT2D eigenvalue weighted by Crippen LogP contribution is -2.30. The van der Waals surface area contributed by atoms with Gasteiger partial charge in [0.2, 0.25) is 5.43 Å². The lowest BCUT2D eigenvalue weighted by molar-refractivity contribution is -0.639. The maximum absolute atomic E-state index is 12.2. The molecule has 0 aliphatic rings. The molecule has 0 spiro atoms. The van der Waals surface area contributed by atoms with Crippen LogP contribution in [0.15, 0.2) is 53.3 Å². The summed E-state index contributed by atoms with van der Waals surface area (Å²) in [5, 5.41) is 16.5. The van der Waals surface area contributed by atoms with Crippen LogP contribution in [-0.4, -0.2) is 5.10 Å². The standard InChI is InChI=1S/C13H8N2O2/c16-13-9-5-1-3-7-11(9)14-15(17)12-8-4-2-6-10(12)13/h1-8H. The highest BCUT2D eigenvalue weighted by Gasteiger charge is 2.09. The Morgan fingerprint density at radius 1 is 0.941 bits per heavy atom. The van der Waals surface area contributed by atoms with E-state index in [4.69, 9.17) is 0 Å². The first-order chi connectivity index (χ1) is 8.27. The first-order valence-corrected chi connectivity index (χ1v) is 5.19. The van der Waals surface area contributed by atoms with Crippen molar-refractivity contribution in [3.63, 3.8) is 0 Å². The van der Waals surface area contributed by atoms with Crippen molar-refractivity contribution in [2.45, 2.75) is 0 Å². The van der Waals surface area contributed by atoms with Crippen molar-refractivity contribution in [3.8, 4) is 0 Å².